The van der Waals surface area contributed by atoms with Crippen molar-refractivity contribution >= 4 is 39.8 Å². The first-order valence-electron chi connectivity index (χ1n) is 9.84. The predicted molar refractivity (Wildman–Crippen MR) is 130 cm³/mol. The lowest BCUT2D eigenvalue weighted by atomic mass is 10.2. The van der Waals surface area contributed by atoms with Crippen LogP contribution in [0.25, 0.3) is 17.1 Å². The molecule has 0 fully saturated rings. The van der Waals surface area contributed by atoms with E-state index < -0.39 is 5.82 Å². The van der Waals surface area contributed by atoms with Gasteiger partial charge in [-0.1, -0.05) is 45.4 Å². The van der Waals surface area contributed by atoms with Crippen molar-refractivity contribution in [3.05, 3.63) is 88.4 Å². The first-order chi connectivity index (χ1) is 16.0. The number of hydrogen-bond acceptors (Lipinski definition) is 6. The molecule has 0 atom stereocenters. The molecule has 0 aliphatic carbocycles. The number of rotatable bonds is 7. The number of halogens is 2. The number of carbonyl (C=O) groups excluding carboxylic acids is 1. The quantitative estimate of drug-likeness (QED) is 0.213. The zero-order valence-corrected chi connectivity index (χ0v) is 19.8. The van der Waals surface area contributed by atoms with Crippen molar-refractivity contribution in [3.63, 3.8) is 0 Å². The zero-order chi connectivity index (χ0) is 23.2. The molecule has 1 N–H and O–H groups in total. The molecule has 0 saturated carbocycles. The molecule has 4 rings (SSSR count). The smallest absolute Gasteiger partial charge is 0.250 e. The number of nitrogens with one attached hydrogen (secondary N) is 1. The van der Waals surface area contributed by atoms with Crippen LogP contribution in [0.5, 0.6) is 0 Å². The molecule has 2 heterocycles. The Labute approximate surface area is 202 Å². The molecule has 2 aromatic heterocycles. The molecule has 0 aliphatic heterocycles. The third kappa shape index (κ3) is 5.71. The van der Waals surface area contributed by atoms with Gasteiger partial charge in [0.25, 0.3) is 5.91 Å². The van der Waals surface area contributed by atoms with E-state index in [4.69, 9.17) is 0 Å². The van der Waals surface area contributed by atoms with Gasteiger partial charge in [0.1, 0.15) is 5.82 Å². The molecule has 0 saturated heterocycles. The zero-order valence-electron chi connectivity index (χ0n) is 17.4. The number of nitrogens with zero attached hydrogens (tertiary/aromatic N) is 5. The van der Waals surface area contributed by atoms with E-state index in [1.54, 1.807) is 24.5 Å². The van der Waals surface area contributed by atoms with E-state index in [-0.39, 0.29) is 17.2 Å². The highest BCUT2D eigenvalue weighted by Crippen LogP contribution is 2.27. The van der Waals surface area contributed by atoms with E-state index in [9.17, 15) is 9.18 Å². The molecule has 0 unspecified atom stereocenters. The Bertz CT molecular complexity index is 1290. The van der Waals surface area contributed by atoms with Crippen LogP contribution in [-0.4, -0.2) is 37.6 Å². The summed E-state index contributed by atoms with van der Waals surface area (Å²) in [6.07, 6.45) is 4.64. The van der Waals surface area contributed by atoms with Gasteiger partial charge in [-0.15, -0.1) is 10.2 Å². The van der Waals surface area contributed by atoms with Crippen molar-refractivity contribution in [1.82, 2.24) is 25.2 Å². The van der Waals surface area contributed by atoms with Crippen LogP contribution < -0.4 is 5.43 Å². The highest BCUT2D eigenvalue weighted by Gasteiger charge is 2.17. The van der Waals surface area contributed by atoms with Crippen LogP contribution in [0.15, 0.2) is 81.7 Å². The number of hydrazone groups is 1. The van der Waals surface area contributed by atoms with E-state index in [2.05, 4.69) is 41.6 Å². The number of carbonyl (C=O) groups is 1. The maximum absolute atomic E-state index is 13.8. The van der Waals surface area contributed by atoms with Gasteiger partial charge in [0, 0.05) is 33.7 Å². The van der Waals surface area contributed by atoms with E-state index in [1.165, 1.54) is 24.0 Å². The molecule has 10 heteroatoms. The summed E-state index contributed by atoms with van der Waals surface area (Å²) in [6, 6.07) is 16.1. The summed E-state index contributed by atoms with van der Waals surface area (Å²) in [6.45, 7) is 2.01. The lowest BCUT2D eigenvalue weighted by Gasteiger charge is -2.10. The molecule has 4 aromatic rings. The molecule has 1 amide bonds. The highest BCUT2D eigenvalue weighted by molar-refractivity contribution is 9.10. The van der Waals surface area contributed by atoms with Crippen LogP contribution in [-0.2, 0) is 4.79 Å². The summed E-state index contributed by atoms with van der Waals surface area (Å²) in [7, 11) is 0. The number of hydrogen-bond donors (Lipinski definition) is 1. The third-order valence-electron chi connectivity index (χ3n) is 4.55. The normalized spacial score (nSPS) is 11.1. The number of benzene rings is 2. The van der Waals surface area contributed by atoms with E-state index in [0.717, 1.165) is 16.8 Å². The van der Waals surface area contributed by atoms with Gasteiger partial charge in [-0.3, -0.25) is 14.3 Å². The van der Waals surface area contributed by atoms with Crippen molar-refractivity contribution in [3.8, 4) is 17.1 Å². The van der Waals surface area contributed by atoms with Gasteiger partial charge < -0.3 is 0 Å². The SMILES string of the molecule is Cc1ccc(-n2c(SCC(=O)N/N=C/c3cc(Br)ccc3F)nnc2-c2ccncc2)cc1. The van der Waals surface area contributed by atoms with E-state index in [1.807, 2.05) is 47.9 Å². The largest absolute Gasteiger partial charge is 0.272 e. The van der Waals surface area contributed by atoms with Crippen LogP contribution in [0.1, 0.15) is 11.1 Å². The van der Waals surface area contributed by atoms with E-state index in [0.29, 0.717) is 15.5 Å². The molecule has 166 valence electrons. The maximum Gasteiger partial charge on any atom is 0.250 e. The summed E-state index contributed by atoms with van der Waals surface area (Å²) in [5, 5.41) is 13.0. The van der Waals surface area contributed by atoms with Gasteiger partial charge in [0.2, 0.25) is 0 Å². The minimum atomic E-state index is -0.430. The Morgan fingerprint density at radius 2 is 1.91 bits per heavy atom. The first kappa shape index (κ1) is 22.8. The number of pyridine rings is 1. The minimum Gasteiger partial charge on any atom is -0.272 e. The van der Waals surface area contributed by atoms with Crippen molar-refractivity contribution in [2.75, 3.05) is 5.75 Å². The molecule has 0 bridgehead atoms. The van der Waals surface area contributed by atoms with E-state index >= 15 is 0 Å². The topological polar surface area (TPSA) is 85.1 Å². The average Bonchev–Trinajstić information content (AvgIpc) is 3.25. The van der Waals surface area contributed by atoms with Gasteiger partial charge in [-0.2, -0.15) is 5.10 Å². The Morgan fingerprint density at radius 3 is 2.67 bits per heavy atom. The second-order valence-electron chi connectivity index (χ2n) is 6.96. The van der Waals surface area contributed by atoms with Crippen molar-refractivity contribution in [2.45, 2.75) is 12.1 Å². The fourth-order valence-electron chi connectivity index (χ4n) is 2.93. The van der Waals surface area contributed by atoms with Crippen LogP contribution in [0.2, 0.25) is 0 Å². The second-order valence-corrected chi connectivity index (χ2v) is 8.82. The molecular weight excluding hydrogens is 507 g/mol. The monoisotopic (exact) mass is 524 g/mol. The fraction of sp³-hybridized carbons (Fsp3) is 0.0870. The van der Waals surface area contributed by atoms with Gasteiger partial charge in [0.05, 0.1) is 12.0 Å². The molecular formula is C23H18BrFN6OS. The molecule has 0 aliphatic rings. The third-order valence-corrected chi connectivity index (χ3v) is 5.97. The molecule has 0 radical (unpaired) electrons. The molecule has 2 aromatic carbocycles. The highest BCUT2D eigenvalue weighted by atomic mass is 79.9. The van der Waals surface area contributed by atoms with Crippen molar-refractivity contribution < 1.29 is 9.18 Å². The van der Waals surface area contributed by atoms with Gasteiger partial charge in [-0.05, 0) is 49.4 Å². The Hall–Kier alpha value is -3.37. The summed E-state index contributed by atoms with van der Waals surface area (Å²) >= 11 is 4.51. The van der Waals surface area contributed by atoms with Crippen molar-refractivity contribution in [1.29, 1.82) is 0 Å². The predicted octanol–water partition coefficient (Wildman–Crippen LogP) is 4.78. The van der Waals surface area contributed by atoms with Crippen molar-refractivity contribution in [2.24, 2.45) is 5.10 Å². The number of aryl methyl sites for hydroxylation is 1. The fourth-order valence-corrected chi connectivity index (χ4v) is 4.05. The summed E-state index contributed by atoms with van der Waals surface area (Å²) in [5.74, 6) is -0.0816. The minimum absolute atomic E-state index is 0.0542. The molecule has 0 spiro atoms. The number of amides is 1. The Morgan fingerprint density at radius 1 is 1.15 bits per heavy atom. The number of aromatic nitrogens is 4. The van der Waals surface area contributed by atoms with Crippen LogP contribution in [0, 0.1) is 12.7 Å². The van der Waals surface area contributed by atoms with Gasteiger partial charge in [-0.25, -0.2) is 9.82 Å². The van der Waals surface area contributed by atoms with Crippen LogP contribution >= 0.6 is 27.7 Å². The van der Waals surface area contributed by atoms with Crippen LogP contribution in [0.3, 0.4) is 0 Å². The number of thioether (sulfide) groups is 1. The molecule has 7 nitrogen and oxygen atoms in total. The lowest BCUT2D eigenvalue weighted by molar-refractivity contribution is -0.118. The standard InChI is InChI=1S/C23H18BrFN6OS/c1-15-2-5-19(6-3-15)31-22(16-8-10-26-11-9-16)29-30-23(31)33-14-21(32)28-27-13-17-12-18(24)4-7-20(17)25/h2-13H,14H2,1H3,(H,28,32)/b27-13+. The Kier molecular flexibility index (Phi) is 7.26. The Balaban J connectivity index is 1.50. The summed E-state index contributed by atoms with van der Waals surface area (Å²) < 4.78 is 16.4. The summed E-state index contributed by atoms with van der Waals surface area (Å²) in [4.78, 5) is 16.4. The second kappa shape index (κ2) is 10.5. The van der Waals surface area contributed by atoms with Gasteiger partial charge in [0.15, 0.2) is 11.0 Å². The summed E-state index contributed by atoms with van der Waals surface area (Å²) in [5.41, 5.74) is 5.54. The average molecular weight is 525 g/mol. The van der Waals surface area contributed by atoms with Crippen LogP contribution in [0.4, 0.5) is 4.39 Å². The van der Waals surface area contributed by atoms with Gasteiger partial charge >= 0.3 is 0 Å². The molecule has 33 heavy (non-hydrogen) atoms. The first-order valence-corrected chi connectivity index (χ1v) is 11.6. The maximum atomic E-state index is 13.8. The lowest BCUT2D eigenvalue weighted by Crippen LogP contribution is -2.20.